The summed E-state index contributed by atoms with van der Waals surface area (Å²) in [6.07, 6.45) is 5.53. The summed E-state index contributed by atoms with van der Waals surface area (Å²) in [4.78, 5) is 0. The smallest absolute Gasteiger partial charge is 0.0573 e. The number of aliphatic hydroxyl groups is 1. The lowest BCUT2D eigenvalue weighted by Crippen LogP contribution is -2.30. The number of rotatable bonds is 8. The fourth-order valence-electron chi connectivity index (χ4n) is 2.21. The van der Waals surface area contributed by atoms with E-state index in [1.54, 1.807) is 0 Å². The van der Waals surface area contributed by atoms with Crippen molar-refractivity contribution in [2.24, 2.45) is 17.3 Å². The Balaban J connectivity index is 4.33. The van der Waals surface area contributed by atoms with Gasteiger partial charge in [-0.15, -0.1) is 0 Å². The minimum Gasteiger partial charge on any atom is -0.393 e. The van der Waals surface area contributed by atoms with E-state index in [0.717, 1.165) is 6.42 Å². The Hall–Kier alpha value is -0.0400. The van der Waals surface area contributed by atoms with Gasteiger partial charge in [-0.05, 0) is 36.5 Å². The molecular formula is C15H32O. The summed E-state index contributed by atoms with van der Waals surface area (Å²) in [6, 6.07) is 0. The first-order valence-electron chi connectivity index (χ1n) is 7.03. The van der Waals surface area contributed by atoms with Crippen LogP contribution in [0.2, 0.25) is 0 Å². The van der Waals surface area contributed by atoms with Gasteiger partial charge in [-0.25, -0.2) is 0 Å². The van der Waals surface area contributed by atoms with Crippen LogP contribution < -0.4 is 0 Å². The predicted octanol–water partition coefficient (Wildman–Crippen LogP) is 4.64. The summed E-state index contributed by atoms with van der Waals surface area (Å²) < 4.78 is 0. The first-order valence-corrected chi connectivity index (χ1v) is 7.03. The van der Waals surface area contributed by atoms with Crippen LogP contribution in [0.15, 0.2) is 0 Å². The maximum absolute atomic E-state index is 10.4. The molecule has 0 amide bonds. The molecule has 0 aromatic heterocycles. The molecule has 0 fully saturated rings. The summed E-state index contributed by atoms with van der Waals surface area (Å²) in [5.74, 6) is 1.14. The molecule has 0 aliphatic carbocycles. The molecule has 0 rings (SSSR count). The highest BCUT2D eigenvalue weighted by atomic mass is 16.3. The summed E-state index contributed by atoms with van der Waals surface area (Å²) >= 11 is 0. The molecule has 16 heavy (non-hydrogen) atoms. The molecule has 0 aliphatic heterocycles. The molecule has 1 atom stereocenters. The van der Waals surface area contributed by atoms with Crippen molar-refractivity contribution >= 4 is 0 Å². The van der Waals surface area contributed by atoms with Crippen LogP contribution in [-0.4, -0.2) is 11.2 Å². The lowest BCUT2D eigenvalue weighted by molar-refractivity contribution is 0.0375. The number of hydrogen-bond donors (Lipinski definition) is 1. The van der Waals surface area contributed by atoms with Crippen LogP contribution in [0, 0.1) is 17.3 Å². The molecule has 1 N–H and O–H groups in total. The van der Waals surface area contributed by atoms with Crippen molar-refractivity contribution in [1.82, 2.24) is 0 Å². The summed E-state index contributed by atoms with van der Waals surface area (Å²) in [5.41, 5.74) is 0.249. The van der Waals surface area contributed by atoms with Gasteiger partial charge in [0.2, 0.25) is 0 Å². The summed E-state index contributed by atoms with van der Waals surface area (Å²) in [5, 5.41) is 10.4. The van der Waals surface area contributed by atoms with Crippen LogP contribution in [0.5, 0.6) is 0 Å². The van der Waals surface area contributed by atoms with Gasteiger partial charge in [0.05, 0.1) is 6.10 Å². The van der Waals surface area contributed by atoms with Crippen LogP contribution >= 0.6 is 0 Å². The third-order valence-electron chi connectivity index (χ3n) is 4.16. The zero-order chi connectivity index (χ0) is 12.8. The minimum atomic E-state index is -0.114. The fourth-order valence-corrected chi connectivity index (χ4v) is 2.21. The van der Waals surface area contributed by atoms with E-state index in [1.165, 1.54) is 25.7 Å². The molecule has 0 radical (unpaired) electrons. The fraction of sp³-hybridized carbons (Fsp3) is 1.00. The van der Waals surface area contributed by atoms with Crippen molar-refractivity contribution in [2.75, 3.05) is 0 Å². The van der Waals surface area contributed by atoms with Crippen molar-refractivity contribution in [1.29, 1.82) is 0 Å². The molecule has 0 bridgehead atoms. The Kier molecular flexibility index (Phi) is 7.30. The molecule has 0 spiro atoms. The van der Waals surface area contributed by atoms with Crippen molar-refractivity contribution < 1.29 is 5.11 Å². The maximum Gasteiger partial charge on any atom is 0.0573 e. The largest absolute Gasteiger partial charge is 0.393 e. The SMILES string of the molecule is CCCC(CCC)C(O)CC(C)(C)C(C)C. The van der Waals surface area contributed by atoms with Crippen molar-refractivity contribution in [2.45, 2.75) is 79.8 Å². The molecule has 0 saturated heterocycles. The average Bonchev–Trinajstić information content (AvgIpc) is 2.16. The number of aliphatic hydroxyl groups excluding tert-OH is 1. The zero-order valence-corrected chi connectivity index (χ0v) is 12.2. The lowest BCUT2D eigenvalue weighted by Gasteiger charge is -2.34. The summed E-state index contributed by atoms with van der Waals surface area (Å²) in [7, 11) is 0. The first kappa shape index (κ1) is 16.0. The summed E-state index contributed by atoms with van der Waals surface area (Å²) in [6.45, 7) is 13.5. The van der Waals surface area contributed by atoms with Crippen LogP contribution in [0.25, 0.3) is 0 Å². The van der Waals surface area contributed by atoms with Gasteiger partial charge in [0.15, 0.2) is 0 Å². The molecule has 1 nitrogen and oxygen atoms in total. The molecule has 0 aromatic rings. The van der Waals surface area contributed by atoms with Gasteiger partial charge in [0, 0.05) is 0 Å². The Morgan fingerprint density at radius 2 is 1.44 bits per heavy atom. The standard InChI is InChI=1S/C15H32O/c1-7-9-13(10-8-2)14(16)11-15(5,6)12(3)4/h12-14,16H,7-11H2,1-6H3. The van der Waals surface area contributed by atoms with E-state index < -0.39 is 0 Å². The Morgan fingerprint density at radius 3 is 1.75 bits per heavy atom. The molecule has 98 valence electrons. The van der Waals surface area contributed by atoms with Crippen LogP contribution in [0.3, 0.4) is 0 Å². The molecule has 0 aliphatic rings. The number of hydrogen-bond acceptors (Lipinski definition) is 1. The van der Waals surface area contributed by atoms with E-state index in [-0.39, 0.29) is 11.5 Å². The predicted molar refractivity (Wildman–Crippen MR) is 72.5 cm³/mol. The van der Waals surface area contributed by atoms with E-state index in [0.29, 0.717) is 11.8 Å². The second-order valence-electron chi connectivity index (χ2n) is 6.25. The average molecular weight is 228 g/mol. The molecule has 0 heterocycles. The topological polar surface area (TPSA) is 20.2 Å². The molecule has 1 unspecified atom stereocenters. The van der Waals surface area contributed by atoms with Gasteiger partial charge >= 0.3 is 0 Å². The second kappa shape index (κ2) is 7.32. The Bertz CT molecular complexity index is 166. The molecule has 0 aromatic carbocycles. The quantitative estimate of drug-likeness (QED) is 0.642. The monoisotopic (exact) mass is 228 g/mol. The first-order chi connectivity index (χ1) is 7.35. The van der Waals surface area contributed by atoms with E-state index in [4.69, 9.17) is 0 Å². The lowest BCUT2D eigenvalue weighted by atomic mass is 9.74. The molecule has 1 heteroatoms. The zero-order valence-electron chi connectivity index (χ0n) is 12.2. The highest BCUT2D eigenvalue weighted by Gasteiger charge is 2.29. The van der Waals surface area contributed by atoms with Gasteiger partial charge in [-0.1, -0.05) is 54.4 Å². The van der Waals surface area contributed by atoms with Gasteiger partial charge < -0.3 is 5.11 Å². The third-order valence-corrected chi connectivity index (χ3v) is 4.16. The minimum absolute atomic E-state index is 0.114. The van der Waals surface area contributed by atoms with Gasteiger partial charge in [0.25, 0.3) is 0 Å². The van der Waals surface area contributed by atoms with Gasteiger partial charge in [-0.2, -0.15) is 0 Å². The molecular weight excluding hydrogens is 196 g/mol. The Morgan fingerprint density at radius 1 is 1.00 bits per heavy atom. The normalized spacial score (nSPS) is 14.8. The van der Waals surface area contributed by atoms with E-state index in [9.17, 15) is 5.11 Å². The van der Waals surface area contributed by atoms with E-state index in [2.05, 4.69) is 41.5 Å². The van der Waals surface area contributed by atoms with Crippen LogP contribution in [-0.2, 0) is 0 Å². The van der Waals surface area contributed by atoms with Gasteiger partial charge in [0.1, 0.15) is 0 Å². The van der Waals surface area contributed by atoms with Gasteiger partial charge in [-0.3, -0.25) is 0 Å². The second-order valence-corrected chi connectivity index (χ2v) is 6.25. The maximum atomic E-state index is 10.4. The highest BCUT2D eigenvalue weighted by molar-refractivity contribution is 4.79. The van der Waals surface area contributed by atoms with Crippen molar-refractivity contribution in [3.63, 3.8) is 0 Å². The van der Waals surface area contributed by atoms with Crippen molar-refractivity contribution in [3.05, 3.63) is 0 Å². The molecule has 0 saturated carbocycles. The highest BCUT2D eigenvalue weighted by Crippen LogP contribution is 2.34. The van der Waals surface area contributed by atoms with Crippen molar-refractivity contribution in [3.8, 4) is 0 Å². The van der Waals surface area contributed by atoms with Crippen LogP contribution in [0.4, 0.5) is 0 Å². The van der Waals surface area contributed by atoms with E-state index >= 15 is 0 Å². The Labute approximate surface area is 103 Å². The third kappa shape index (κ3) is 5.34. The van der Waals surface area contributed by atoms with E-state index in [1.807, 2.05) is 0 Å². The van der Waals surface area contributed by atoms with Crippen LogP contribution in [0.1, 0.15) is 73.6 Å².